The molecule has 0 bridgehead atoms. The molecule has 1 heterocycles. The van der Waals surface area contributed by atoms with Gasteiger partial charge in [-0.05, 0) is 24.1 Å². The lowest BCUT2D eigenvalue weighted by molar-refractivity contribution is -0.116. The maximum atomic E-state index is 11.8. The number of carbonyl (C=O) groups excluding carboxylic acids is 1. The lowest BCUT2D eigenvalue weighted by Gasteiger charge is -2.05. The van der Waals surface area contributed by atoms with Crippen LogP contribution in [0.4, 0.5) is 5.69 Å². The van der Waals surface area contributed by atoms with Crippen LogP contribution in [0.1, 0.15) is 12.0 Å². The molecular weight excluding hydrogens is 274 g/mol. The number of carbonyl (C=O) groups is 1. The molecule has 7 nitrogen and oxygen atoms in total. The van der Waals surface area contributed by atoms with E-state index in [1.54, 1.807) is 7.11 Å². The third-order valence-corrected chi connectivity index (χ3v) is 2.89. The minimum atomic E-state index is -0.628. The van der Waals surface area contributed by atoms with Gasteiger partial charge in [0.2, 0.25) is 5.91 Å². The van der Waals surface area contributed by atoms with Crippen LogP contribution in [0.5, 0.6) is 5.75 Å². The summed E-state index contributed by atoms with van der Waals surface area (Å²) in [7, 11) is 1.59. The molecule has 0 aliphatic carbocycles. The molecule has 0 spiro atoms. The number of aromatic nitrogens is 2. The first-order valence-corrected chi connectivity index (χ1v) is 6.33. The first-order valence-electron chi connectivity index (χ1n) is 6.33. The van der Waals surface area contributed by atoms with Crippen LogP contribution >= 0.6 is 0 Å². The van der Waals surface area contributed by atoms with Gasteiger partial charge in [-0.15, -0.1) is 0 Å². The maximum Gasteiger partial charge on any atom is 0.325 e. The van der Waals surface area contributed by atoms with E-state index in [1.165, 1.54) is 6.20 Å². The fourth-order valence-electron chi connectivity index (χ4n) is 1.77. The van der Waals surface area contributed by atoms with Crippen LogP contribution in [0.2, 0.25) is 0 Å². The number of amides is 1. The van der Waals surface area contributed by atoms with Crippen LogP contribution in [0.3, 0.4) is 0 Å². The number of hydrogen-bond donors (Lipinski definition) is 3. The van der Waals surface area contributed by atoms with Gasteiger partial charge in [0.25, 0.3) is 5.56 Å². The summed E-state index contributed by atoms with van der Waals surface area (Å²) < 4.78 is 5.05. The van der Waals surface area contributed by atoms with E-state index >= 15 is 0 Å². The van der Waals surface area contributed by atoms with E-state index in [4.69, 9.17) is 4.74 Å². The number of methoxy groups -OCH3 is 1. The Bertz CT molecular complexity index is 731. The molecule has 7 heteroatoms. The zero-order valence-electron chi connectivity index (χ0n) is 11.4. The van der Waals surface area contributed by atoms with E-state index in [2.05, 4.69) is 10.3 Å². The zero-order chi connectivity index (χ0) is 15.2. The van der Waals surface area contributed by atoms with Crippen LogP contribution < -0.4 is 21.3 Å². The first kappa shape index (κ1) is 14.6. The van der Waals surface area contributed by atoms with Crippen molar-refractivity contribution < 1.29 is 9.53 Å². The Morgan fingerprint density at radius 2 is 1.95 bits per heavy atom. The van der Waals surface area contributed by atoms with Gasteiger partial charge in [-0.1, -0.05) is 12.1 Å². The molecule has 0 saturated heterocycles. The number of aryl methyl sites for hydroxylation is 1. The number of anilines is 1. The Morgan fingerprint density at radius 1 is 1.24 bits per heavy atom. The topological polar surface area (TPSA) is 104 Å². The lowest BCUT2D eigenvalue weighted by Crippen LogP contribution is -2.26. The molecule has 0 aliphatic rings. The van der Waals surface area contributed by atoms with Crippen molar-refractivity contribution in [3.63, 3.8) is 0 Å². The first-order chi connectivity index (χ1) is 10.1. The van der Waals surface area contributed by atoms with Crippen molar-refractivity contribution in [1.29, 1.82) is 0 Å². The van der Waals surface area contributed by atoms with E-state index in [1.807, 2.05) is 29.2 Å². The fraction of sp³-hybridized carbons (Fsp3) is 0.214. The molecular formula is C14H15N3O4. The summed E-state index contributed by atoms with van der Waals surface area (Å²) in [6.45, 7) is 0. The summed E-state index contributed by atoms with van der Waals surface area (Å²) in [6.07, 6.45) is 1.94. The number of benzene rings is 1. The van der Waals surface area contributed by atoms with Gasteiger partial charge in [0.1, 0.15) is 11.4 Å². The van der Waals surface area contributed by atoms with Crippen molar-refractivity contribution in [2.75, 3.05) is 12.4 Å². The van der Waals surface area contributed by atoms with Crippen molar-refractivity contribution in [3.8, 4) is 5.75 Å². The summed E-state index contributed by atoms with van der Waals surface area (Å²) in [4.78, 5) is 38.4. The molecule has 0 radical (unpaired) electrons. The monoisotopic (exact) mass is 289 g/mol. The zero-order valence-corrected chi connectivity index (χ0v) is 11.4. The Morgan fingerprint density at radius 3 is 2.57 bits per heavy atom. The second-order valence-electron chi connectivity index (χ2n) is 4.38. The molecule has 0 saturated carbocycles. The Labute approximate surface area is 120 Å². The van der Waals surface area contributed by atoms with Crippen molar-refractivity contribution in [1.82, 2.24) is 9.97 Å². The highest BCUT2D eigenvalue weighted by Gasteiger charge is 2.06. The SMILES string of the molecule is COc1ccc(CCC(=O)Nc2c[nH]c(=O)[nH]c2=O)cc1. The Hall–Kier alpha value is -2.83. The second kappa shape index (κ2) is 6.56. The molecule has 1 amide bonds. The van der Waals surface area contributed by atoms with Gasteiger partial charge in [-0.25, -0.2) is 4.79 Å². The largest absolute Gasteiger partial charge is 0.497 e. The van der Waals surface area contributed by atoms with Gasteiger partial charge in [0.15, 0.2) is 0 Å². The van der Waals surface area contributed by atoms with E-state index in [-0.39, 0.29) is 18.0 Å². The minimum Gasteiger partial charge on any atom is -0.497 e. The van der Waals surface area contributed by atoms with Crippen molar-refractivity contribution in [3.05, 3.63) is 56.9 Å². The predicted molar refractivity (Wildman–Crippen MR) is 77.6 cm³/mol. The van der Waals surface area contributed by atoms with Crippen LogP contribution in [0, 0.1) is 0 Å². The predicted octanol–water partition coefficient (Wildman–Crippen LogP) is 0.643. The minimum absolute atomic E-state index is 0.0225. The van der Waals surface area contributed by atoms with Crippen LogP contribution in [-0.2, 0) is 11.2 Å². The standard InChI is InChI=1S/C14H15N3O4/c1-21-10-5-2-9(3-6-10)4-7-12(18)16-11-8-15-14(20)17-13(11)19/h2-3,5-6,8H,4,7H2,1H3,(H,16,18)(H2,15,17,19,20). The highest BCUT2D eigenvalue weighted by atomic mass is 16.5. The molecule has 0 aliphatic heterocycles. The molecule has 110 valence electrons. The van der Waals surface area contributed by atoms with Crippen LogP contribution in [-0.4, -0.2) is 23.0 Å². The summed E-state index contributed by atoms with van der Waals surface area (Å²) in [5.41, 5.74) is -0.233. The van der Waals surface area contributed by atoms with Gasteiger partial charge in [-0.2, -0.15) is 0 Å². The molecule has 1 aromatic carbocycles. The van der Waals surface area contributed by atoms with Crippen LogP contribution in [0.15, 0.2) is 40.1 Å². The fourth-order valence-corrected chi connectivity index (χ4v) is 1.77. The molecule has 21 heavy (non-hydrogen) atoms. The Balaban J connectivity index is 1.92. The van der Waals surface area contributed by atoms with Gasteiger partial charge >= 0.3 is 5.69 Å². The molecule has 0 fully saturated rings. The van der Waals surface area contributed by atoms with Crippen molar-refractivity contribution >= 4 is 11.6 Å². The summed E-state index contributed by atoms with van der Waals surface area (Å²) in [6, 6.07) is 7.39. The lowest BCUT2D eigenvalue weighted by atomic mass is 10.1. The van der Waals surface area contributed by atoms with E-state index in [0.29, 0.717) is 6.42 Å². The highest BCUT2D eigenvalue weighted by Crippen LogP contribution is 2.12. The normalized spacial score (nSPS) is 10.1. The molecule has 2 rings (SSSR count). The molecule has 1 aromatic heterocycles. The van der Waals surface area contributed by atoms with Crippen LogP contribution in [0.25, 0.3) is 0 Å². The average molecular weight is 289 g/mol. The number of ether oxygens (including phenoxy) is 1. The maximum absolute atomic E-state index is 11.8. The van der Waals surface area contributed by atoms with E-state index < -0.39 is 11.2 Å². The summed E-state index contributed by atoms with van der Waals surface area (Å²) in [5, 5.41) is 2.45. The highest BCUT2D eigenvalue weighted by molar-refractivity contribution is 5.90. The van der Waals surface area contributed by atoms with Gasteiger partial charge in [-0.3, -0.25) is 14.6 Å². The van der Waals surface area contributed by atoms with Gasteiger partial charge < -0.3 is 15.0 Å². The smallest absolute Gasteiger partial charge is 0.325 e. The third kappa shape index (κ3) is 4.07. The number of aromatic amines is 2. The number of rotatable bonds is 5. The van der Waals surface area contributed by atoms with E-state index in [0.717, 1.165) is 11.3 Å². The van der Waals surface area contributed by atoms with Gasteiger partial charge in [0.05, 0.1) is 7.11 Å². The van der Waals surface area contributed by atoms with Gasteiger partial charge in [0, 0.05) is 12.6 Å². The molecule has 0 atom stereocenters. The van der Waals surface area contributed by atoms with E-state index in [9.17, 15) is 14.4 Å². The summed E-state index contributed by atoms with van der Waals surface area (Å²) >= 11 is 0. The molecule has 2 aromatic rings. The number of hydrogen-bond acceptors (Lipinski definition) is 4. The summed E-state index contributed by atoms with van der Waals surface area (Å²) in [5.74, 6) is 0.450. The quantitative estimate of drug-likeness (QED) is 0.751. The molecule has 3 N–H and O–H groups in total. The Kier molecular flexibility index (Phi) is 4.55. The third-order valence-electron chi connectivity index (χ3n) is 2.89. The molecule has 0 unspecified atom stereocenters. The average Bonchev–Trinajstić information content (AvgIpc) is 2.48. The van der Waals surface area contributed by atoms with Crippen molar-refractivity contribution in [2.24, 2.45) is 0 Å². The van der Waals surface area contributed by atoms with Crippen molar-refractivity contribution in [2.45, 2.75) is 12.8 Å². The second-order valence-corrected chi connectivity index (χ2v) is 4.38. The number of nitrogens with one attached hydrogen (secondary N) is 3. The number of H-pyrrole nitrogens is 2.